The molecular formula is C18H25NO. The molecule has 0 spiro atoms. The van der Waals surface area contributed by atoms with Gasteiger partial charge in [0.25, 0.3) is 0 Å². The number of fused-ring (bicyclic) bond motifs is 2. The molecule has 3 rings (SSSR count). The van der Waals surface area contributed by atoms with Crippen molar-refractivity contribution < 1.29 is 4.79 Å². The zero-order valence-corrected chi connectivity index (χ0v) is 12.8. The standard InChI is InChI=1S/C18H25NO/c1-12(2)16-6-4-5-7-17(16)18(20)13-10-14-8-9-15(11-13)19(14)3/h4-7,12-15H,8-11H2,1-3H3. The number of ketones is 1. The van der Waals surface area contributed by atoms with Crippen LogP contribution < -0.4 is 0 Å². The smallest absolute Gasteiger partial charge is 0.166 e. The third-order valence-corrected chi connectivity index (χ3v) is 5.32. The van der Waals surface area contributed by atoms with Crippen LogP contribution in [-0.4, -0.2) is 29.8 Å². The van der Waals surface area contributed by atoms with Crippen LogP contribution in [0.3, 0.4) is 0 Å². The molecule has 1 aromatic carbocycles. The minimum Gasteiger partial charge on any atom is -0.300 e. The van der Waals surface area contributed by atoms with Crippen LogP contribution in [0, 0.1) is 5.92 Å². The summed E-state index contributed by atoms with van der Waals surface area (Å²) in [7, 11) is 2.23. The summed E-state index contributed by atoms with van der Waals surface area (Å²) < 4.78 is 0. The molecule has 2 saturated heterocycles. The molecule has 2 heteroatoms. The monoisotopic (exact) mass is 271 g/mol. The first-order chi connectivity index (χ1) is 9.58. The van der Waals surface area contributed by atoms with Crippen molar-refractivity contribution in [2.45, 2.75) is 57.5 Å². The number of hydrogen-bond donors (Lipinski definition) is 0. The van der Waals surface area contributed by atoms with Crippen molar-refractivity contribution in [1.29, 1.82) is 0 Å². The second kappa shape index (κ2) is 5.33. The molecule has 2 unspecified atom stereocenters. The Labute approximate surface area is 122 Å². The van der Waals surface area contributed by atoms with Gasteiger partial charge in [-0.3, -0.25) is 4.79 Å². The van der Waals surface area contributed by atoms with Gasteiger partial charge in [-0.05, 0) is 44.2 Å². The summed E-state index contributed by atoms with van der Waals surface area (Å²) >= 11 is 0. The number of carbonyl (C=O) groups excluding carboxylic acids is 1. The van der Waals surface area contributed by atoms with Gasteiger partial charge in [0.2, 0.25) is 0 Å². The van der Waals surface area contributed by atoms with E-state index < -0.39 is 0 Å². The molecule has 0 aromatic heterocycles. The summed E-state index contributed by atoms with van der Waals surface area (Å²) in [6.45, 7) is 4.34. The van der Waals surface area contributed by atoms with E-state index in [1.165, 1.54) is 18.4 Å². The maximum atomic E-state index is 12.9. The largest absolute Gasteiger partial charge is 0.300 e. The van der Waals surface area contributed by atoms with Gasteiger partial charge in [0.05, 0.1) is 0 Å². The van der Waals surface area contributed by atoms with Crippen LogP contribution >= 0.6 is 0 Å². The van der Waals surface area contributed by atoms with Crippen molar-refractivity contribution >= 4 is 5.78 Å². The van der Waals surface area contributed by atoms with Crippen LogP contribution in [0.4, 0.5) is 0 Å². The van der Waals surface area contributed by atoms with Crippen molar-refractivity contribution in [2.24, 2.45) is 5.92 Å². The molecule has 2 atom stereocenters. The van der Waals surface area contributed by atoms with E-state index in [0.717, 1.165) is 18.4 Å². The van der Waals surface area contributed by atoms with Crippen molar-refractivity contribution in [3.63, 3.8) is 0 Å². The van der Waals surface area contributed by atoms with Gasteiger partial charge in [0.15, 0.2) is 5.78 Å². The lowest BCUT2D eigenvalue weighted by atomic mass is 9.82. The summed E-state index contributed by atoms with van der Waals surface area (Å²) in [6.07, 6.45) is 4.66. The topological polar surface area (TPSA) is 20.3 Å². The van der Waals surface area contributed by atoms with Gasteiger partial charge in [-0.1, -0.05) is 38.1 Å². The molecule has 2 fully saturated rings. The zero-order valence-electron chi connectivity index (χ0n) is 12.8. The van der Waals surface area contributed by atoms with Crippen LogP contribution in [0.1, 0.15) is 61.4 Å². The predicted octanol–water partition coefficient (Wildman–Crippen LogP) is 3.87. The van der Waals surface area contributed by atoms with Crippen molar-refractivity contribution in [2.75, 3.05) is 7.05 Å². The highest BCUT2D eigenvalue weighted by Crippen LogP contribution is 2.39. The summed E-state index contributed by atoms with van der Waals surface area (Å²) in [5, 5.41) is 0. The second-order valence-corrected chi connectivity index (χ2v) is 6.82. The minimum absolute atomic E-state index is 0.239. The molecule has 108 valence electrons. The van der Waals surface area contributed by atoms with Gasteiger partial charge in [-0.25, -0.2) is 0 Å². The fourth-order valence-corrected chi connectivity index (χ4v) is 4.07. The third-order valence-electron chi connectivity index (χ3n) is 5.32. The highest BCUT2D eigenvalue weighted by molar-refractivity contribution is 5.99. The summed E-state index contributed by atoms with van der Waals surface area (Å²) in [5.74, 6) is 1.04. The summed E-state index contributed by atoms with van der Waals surface area (Å²) in [5.41, 5.74) is 2.18. The molecule has 2 heterocycles. The average molecular weight is 271 g/mol. The summed E-state index contributed by atoms with van der Waals surface area (Å²) in [6, 6.07) is 9.45. The number of nitrogens with zero attached hydrogens (tertiary/aromatic N) is 1. The Hall–Kier alpha value is -1.15. The molecular weight excluding hydrogens is 246 g/mol. The fourth-order valence-electron chi connectivity index (χ4n) is 4.07. The predicted molar refractivity (Wildman–Crippen MR) is 82.2 cm³/mol. The number of carbonyl (C=O) groups is 1. The SMILES string of the molecule is CC(C)c1ccccc1C(=O)C1CC2CCC(C1)N2C. The Bertz CT molecular complexity index is 494. The van der Waals surface area contributed by atoms with Crippen molar-refractivity contribution in [1.82, 2.24) is 4.90 Å². The van der Waals surface area contributed by atoms with E-state index in [0.29, 0.717) is 23.8 Å². The lowest BCUT2D eigenvalue weighted by Crippen LogP contribution is -2.42. The van der Waals surface area contributed by atoms with E-state index in [9.17, 15) is 4.79 Å². The molecule has 1 aromatic rings. The molecule has 0 N–H and O–H groups in total. The minimum atomic E-state index is 0.239. The fraction of sp³-hybridized carbons (Fsp3) is 0.611. The Morgan fingerprint density at radius 2 is 1.75 bits per heavy atom. The number of rotatable bonds is 3. The van der Waals surface area contributed by atoms with E-state index in [4.69, 9.17) is 0 Å². The second-order valence-electron chi connectivity index (χ2n) is 6.82. The molecule has 20 heavy (non-hydrogen) atoms. The van der Waals surface area contributed by atoms with Gasteiger partial charge in [-0.15, -0.1) is 0 Å². The third kappa shape index (κ3) is 2.31. The number of hydrogen-bond acceptors (Lipinski definition) is 2. The first kappa shape index (κ1) is 13.8. The van der Waals surface area contributed by atoms with E-state index in [1.54, 1.807) is 0 Å². The van der Waals surface area contributed by atoms with E-state index >= 15 is 0 Å². The first-order valence-electron chi connectivity index (χ1n) is 7.93. The first-order valence-corrected chi connectivity index (χ1v) is 7.93. The Balaban J connectivity index is 1.84. The van der Waals surface area contributed by atoms with Crippen LogP contribution in [0.5, 0.6) is 0 Å². The van der Waals surface area contributed by atoms with Gasteiger partial charge in [0.1, 0.15) is 0 Å². The Kier molecular flexibility index (Phi) is 3.68. The maximum Gasteiger partial charge on any atom is 0.166 e. The Morgan fingerprint density at radius 3 is 2.35 bits per heavy atom. The van der Waals surface area contributed by atoms with Crippen LogP contribution in [0.25, 0.3) is 0 Å². The lowest BCUT2D eigenvalue weighted by Gasteiger charge is -2.35. The highest BCUT2D eigenvalue weighted by atomic mass is 16.1. The number of piperidine rings is 1. The van der Waals surface area contributed by atoms with Crippen molar-refractivity contribution in [3.8, 4) is 0 Å². The van der Waals surface area contributed by atoms with Crippen LogP contribution in [0.15, 0.2) is 24.3 Å². The molecule has 2 aliphatic rings. The maximum absolute atomic E-state index is 12.9. The molecule has 0 saturated carbocycles. The van der Waals surface area contributed by atoms with Crippen LogP contribution in [0.2, 0.25) is 0 Å². The highest BCUT2D eigenvalue weighted by Gasteiger charge is 2.41. The molecule has 0 radical (unpaired) electrons. The molecule has 0 amide bonds. The summed E-state index contributed by atoms with van der Waals surface area (Å²) in [4.78, 5) is 15.4. The van der Waals surface area contributed by atoms with Gasteiger partial charge < -0.3 is 4.90 Å². The quantitative estimate of drug-likeness (QED) is 0.778. The van der Waals surface area contributed by atoms with E-state index in [1.807, 2.05) is 18.2 Å². The number of Topliss-reactive ketones (excluding diaryl/α,β-unsaturated/α-hetero) is 1. The van der Waals surface area contributed by atoms with Gasteiger partial charge in [-0.2, -0.15) is 0 Å². The average Bonchev–Trinajstić information content (AvgIpc) is 2.68. The van der Waals surface area contributed by atoms with Crippen molar-refractivity contribution in [3.05, 3.63) is 35.4 Å². The van der Waals surface area contributed by atoms with Gasteiger partial charge in [0, 0.05) is 23.6 Å². The van der Waals surface area contributed by atoms with E-state index in [2.05, 4.69) is 31.9 Å². The number of benzene rings is 1. The van der Waals surface area contributed by atoms with Crippen LogP contribution in [-0.2, 0) is 0 Å². The van der Waals surface area contributed by atoms with Gasteiger partial charge >= 0.3 is 0 Å². The lowest BCUT2D eigenvalue weighted by molar-refractivity contribution is 0.0766. The molecule has 0 aliphatic carbocycles. The zero-order chi connectivity index (χ0) is 14.3. The molecule has 2 aliphatic heterocycles. The Morgan fingerprint density at radius 1 is 1.15 bits per heavy atom. The molecule has 2 nitrogen and oxygen atoms in total. The molecule has 2 bridgehead atoms. The van der Waals surface area contributed by atoms with E-state index in [-0.39, 0.29) is 5.92 Å². The normalized spacial score (nSPS) is 29.9.